The molecule has 1 atom stereocenters. The molecule has 0 aromatic heterocycles. The van der Waals surface area contributed by atoms with Gasteiger partial charge in [0, 0.05) is 18.4 Å². The molecule has 2 aromatic carbocycles. The highest BCUT2D eigenvalue weighted by Gasteiger charge is 2.31. The Hall–Kier alpha value is -2.21. The Bertz CT molecular complexity index is 924. The first-order chi connectivity index (χ1) is 11.8. The van der Waals surface area contributed by atoms with E-state index in [9.17, 15) is 17.6 Å². The number of nitrogens with zero attached hydrogens (tertiary/aromatic N) is 1. The van der Waals surface area contributed by atoms with Gasteiger partial charge >= 0.3 is 0 Å². The second kappa shape index (κ2) is 6.59. The third kappa shape index (κ3) is 3.58. The van der Waals surface area contributed by atoms with Crippen LogP contribution in [0.2, 0.25) is 0 Å². The van der Waals surface area contributed by atoms with Gasteiger partial charge in [0.1, 0.15) is 5.82 Å². The van der Waals surface area contributed by atoms with Crippen LogP contribution in [-0.4, -0.2) is 32.0 Å². The number of aryl methyl sites for hydroxylation is 1. The minimum atomic E-state index is -3.40. The summed E-state index contributed by atoms with van der Waals surface area (Å²) in [5, 5.41) is 0. The van der Waals surface area contributed by atoms with Gasteiger partial charge in [0.25, 0.3) is 5.91 Å². The number of hydrogen-bond acceptors (Lipinski definition) is 3. The lowest BCUT2D eigenvalue weighted by Crippen LogP contribution is -2.30. The van der Waals surface area contributed by atoms with Crippen molar-refractivity contribution in [3.63, 3.8) is 0 Å². The lowest BCUT2D eigenvalue weighted by molar-refractivity contribution is 0.0735. The summed E-state index contributed by atoms with van der Waals surface area (Å²) in [5.41, 5.74) is 1.72. The zero-order valence-corrected chi connectivity index (χ0v) is 15.0. The lowest BCUT2D eigenvalue weighted by atomic mass is 10.0. The van der Waals surface area contributed by atoms with Crippen LogP contribution in [0.5, 0.6) is 0 Å². The van der Waals surface area contributed by atoms with Crippen LogP contribution in [0.25, 0.3) is 0 Å². The Morgan fingerprint density at radius 3 is 2.64 bits per heavy atom. The van der Waals surface area contributed by atoms with E-state index >= 15 is 0 Å². The predicted molar refractivity (Wildman–Crippen MR) is 93.7 cm³/mol. The number of hydrogen-bond donors (Lipinski definition) is 0. The predicted octanol–water partition coefficient (Wildman–Crippen LogP) is 3.51. The third-order valence-electron chi connectivity index (χ3n) is 4.58. The molecule has 1 aliphatic heterocycles. The summed E-state index contributed by atoms with van der Waals surface area (Å²) in [4.78, 5) is 14.8. The number of likely N-dealkylation sites (tertiary alicyclic amines) is 1. The second-order valence-corrected chi connectivity index (χ2v) is 8.45. The van der Waals surface area contributed by atoms with Gasteiger partial charge in [-0.25, -0.2) is 12.8 Å². The molecule has 1 saturated heterocycles. The van der Waals surface area contributed by atoms with Crippen LogP contribution in [0.3, 0.4) is 0 Å². The summed E-state index contributed by atoms with van der Waals surface area (Å²) in [6.45, 7) is 2.28. The average molecular weight is 361 g/mol. The molecule has 0 saturated carbocycles. The van der Waals surface area contributed by atoms with E-state index in [1.54, 1.807) is 30.0 Å². The zero-order valence-electron chi connectivity index (χ0n) is 14.2. The lowest BCUT2D eigenvalue weighted by Gasteiger charge is -2.25. The minimum absolute atomic E-state index is 0.167. The van der Waals surface area contributed by atoms with Gasteiger partial charge in [-0.05, 0) is 55.2 Å². The number of carbonyl (C=O) groups is 1. The summed E-state index contributed by atoms with van der Waals surface area (Å²) >= 11 is 0. The van der Waals surface area contributed by atoms with Crippen molar-refractivity contribution in [2.75, 3.05) is 12.8 Å². The molecule has 1 heterocycles. The van der Waals surface area contributed by atoms with E-state index in [1.807, 2.05) is 6.07 Å². The molecule has 3 rings (SSSR count). The van der Waals surface area contributed by atoms with E-state index in [-0.39, 0.29) is 22.7 Å². The molecular weight excluding hydrogens is 341 g/mol. The summed E-state index contributed by atoms with van der Waals surface area (Å²) in [7, 11) is -3.40. The molecule has 1 unspecified atom stereocenters. The number of carbonyl (C=O) groups excluding carboxylic acids is 1. The van der Waals surface area contributed by atoms with Crippen LogP contribution in [0.1, 0.15) is 40.4 Å². The molecule has 2 aromatic rings. The van der Waals surface area contributed by atoms with Gasteiger partial charge in [-0.15, -0.1) is 0 Å². The van der Waals surface area contributed by atoms with Gasteiger partial charge in [0.05, 0.1) is 10.9 Å². The van der Waals surface area contributed by atoms with Crippen molar-refractivity contribution in [3.8, 4) is 0 Å². The minimum Gasteiger partial charge on any atom is -0.332 e. The van der Waals surface area contributed by atoms with Crippen LogP contribution in [0.15, 0.2) is 47.4 Å². The summed E-state index contributed by atoms with van der Waals surface area (Å²) in [6.07, 6.45) is 2.73. The van der Waals surface area contributed by atoms with Crippen molar-refractivity contribution in [2.24, 2.45) is 0 Å². The fourth-order valence-electron chi connectivity index (χ4n) is 3.37. The number of sulfone groups is 1. The van der Waals surface area contributed by atoms with Crippen LogP contribution in [0, 0.1) is 12.7 Å². The van der Waals surface area contributed by atoms with Crippen molar-refractivity contribution >= 4 is 15.7 Å². The van der Waals surface area contributed by atoms with Gasteiger partial charge in [0.2, 0.25) is 0 Å². The first kappa shape index (κ1) is 17.6. The maximum Gasteiger partial charge on any atom is 0.254 e. The highest BCUT2D eigenvalue weighted by Crippen LogP contribution is 2.33. The van der Waals surface area contributed by atoms with Crippen LogP contribution < -0.4 is 0 Å². The molecule has 1 aliphatic rings. The number of rotatable bonds is 3. The Labute approximate surface area is 147 Å². The highest BCUT2D eigenvalue weighted by molar-refractivity contribution is 7.90. The molecule has 0 aliphatic carbocycles. The normalized spacial score (nSPS) is 17.7. The van der Waals surface area contributed by atoms with Crippen LogP contribution >= 0.6 is 0 Å². The van der Waals surface area contributed by atoms with Crippen molar-refractivity contribution in [1.29, 1.82) is 0 Å². The van der Waals surface area contributed by atoms with E-state index in [0.29, 0.717) is 17.7 Å². The van der Waals surface area contributed by atoms with Crippen LogP contribution in [0.4, 0.5) is 4.39 Å². The number of benzene rings is 2. The smallest absolute Gasteiger partial charge is 0.254 e. The second-order valence-electron chi connectivity index (χ2n) is 6.46. The standard InChI is InChI=1S/C19H20FNO3S/c1-13-8-9-15(12-18(13)25(2,23)24)19(22)21-10-4-7-17(21)14-5-3-6-16(20)11-14/h3,5-6,8-9,11-12,17H,4,7,10H2,1-2H3. The first-order valence-corrected chi connectivity index (χ1v) is 10.0. The largest absolute Gasteiger partial charge is 0.332 e. The Morgan fingerprint density at radius 2 is 1.96 bits per heavy atom. The third-order valence-corrected chi connectivity index (χ3v) is 5.82. The SMILES string of the molecule is Cc1ccc(C(=O)N2CCCC2c2cccc(F)c2)cc1S(C)(=O)=O. The van der Waals surface area contributed by atoms with E-state index in [4.69, 9.17) is 0 Å². The first-order valence-electron chi connectivity index (χ1n) is 8.14. The molecule has 0 bridgehead atoms. The molecule has 25 heavy (non-hydrogen) atoms. The van der Waals surface area contributed by atoms with Crippen molar-refractivity contribution in [2.45, 2.75) is 30.7 Å². The Kier molecular flexibility index (Phi) is 4.64. The van der Waals surface area contributed by atoms with E-state index < -0.39 is 9.84 Å². The average Bonchev–Trinajstić information content (AvgIpc) is 3.03. The number of halogens is 1. The topological polar surface area (TPSA) is 54.5 Å². The Balaban J connectivity index is 1.95. The van der Waals surface area contributed by atoms with Gasteiger partial charge in [-0.1, -0.05) is 18.2 Å². The van der Waals surface area contributed by atoms with Crippen LogP contribution in [-0.2, 0) is 9.84 Å². The molecule has 132 valence electrons. The fraction of sp³-hybridized carbons (Fsp3) is 0.316. The van der Waals surface area contributed by atoms with E-state index in [0.717, 1.165) is 24.7 Å². The van der Waals surface area contributed by atoms with E-state index in [1.165, 1.54) is 18.2 Å². The number of amides is 1. The maximum atomic E-state index is 13.5. The molecular formula is C19H20FNO3S. The fourth-order valence-corrected chi connectivity index (χ4v) is 4.36. The molecule has 1 fully saturated rings. The summed E-state index contributed by atoms with van der Waals surface area (Å²) < 4.78 is 37.3. The van der Waals surface area contributed by atoms with Gasteiger partial charge in [-0.3, -0.25) is 4.79 Å². The molecule has 1 amide bonds. The molecule has 0 radical (unpaired) electrons. The maximum absolute atomic E-state index is 13.5. The summed E-state index contributed by atoms with van der Waals surface area (Å²) in [6, 6.07) is 10.8. The van der Waals surface area contributed by atoms with Gasteiger partial charge in [0.15, 0.2) is 9.84 Å². The van der Waals surface area contributed by atoms with Gasteiger partial charge in [-0.2, -0.15) is 0 Å². The summed E-state index contributed by atoms with van der Waals surface area (Å²) in [5.74, 6) is -0.553. The van der Waals surface area contributed by atoms with Gasteiger partial charge < -0.3 is 4.90 Å². The van der Waals surface area contributed by atoms with Crippen molar-refractivity contribution in [3.05, 3.63) is 65.0 Å². The molecule has 6 heteroatoms. The van der Waals surface area contributed by atoms with E-state index in [2.05, 4.69) is 0 Å². The monoisotopic (exact) mass is 361 g/mol. The van der Waals surface area contributed by atoms with Crippen molar-refractivity contribution in [1.82, 2.24) is 4.90 Å². The molecule has 0 spiro atoms. The highest BCUT2D eigenvalue weighted by atomic mass is 32.2. The van der Waals surface area contributed by atoms with Crippen molar-refractivity contribution < 1.29 is 17.6 Å². The zero-order chi connectivity index (χ0) is 18.2. The molecule has 0 N–H and O–H groups in total. The molecule has 4 nitrogen and oxygen atoms in total. The quantitative estimate of drug-likeness (QED) is 0.841. The Morgan fingerprint density at radius 1 is 1.20 bits per heavy atom.